The van der Waals surface area contributed by atoms with E-state index in [-0.39, 0.29) is 12.0 Å². The van der Waals surface area contributed by atoms with Crippen molar-refractivity contribution in [3.63, 3.8) is 0 Å². The molecule has 0 aliphatic heterocycles. The number of hydrogen-bond acceptors (Lipinski definition) is 1. The van der Waals surface area contributed by atoms with E-state index < -0.39 is 0 Å². The van der Waals surface area contributed by atoms with E-state index in [0.717, 1.165) is 12.8 Å². The fourth-order valence-corrected chi connectivity index (χ4v) is 1.89. The summed E-state index contributed by atoms with van der Waals surface area (Å²) in [5.41, 5.74) is 1.20. The van der Waals surface area contributed by atoms with Gasteiger partial charge in [0.2, 0.25) is 0 Å². The molecule has 1 aliphatic rings. The van der Waals surface area contributed by atoms with Crippen LogP contribution >= 0.6 is 0 Å². The molecule has 0 spiro atoms. The number of aliphatic hydroxyl groups excluding tert-OH is 1. The molecule has 0 saturated carbocycles. The van der Waals surface area contributed by atoms with Gasteiger partial charge in [-0.2, -0.15) is 0 Å². The highest BCUT2D eigenvalue weighted by molar-refractivity contribution is 5.18. The minimum Gasteiger partial charge on any atom is -0.392 e. The highest BCUT2D eigenvalue weighted by atomic mass is 16.3. The number of rotatable bonds is 3. The van der Waals surface area contributed by atoms with Gasteiger partial charge in [0, 0.05) is 5.92 Å². The third kappa shape index (κ3) is 2.80. The third-order valence-electron chi connectivity index (χ3n) is 2.80. The summed E-state index contributed by atoms with van der Waals surface area (Å²) < 4.78 is 0. The highest BCUT2D eigenvalue weighted by Gasteiger charge is 2.16. The zero-order valence-electron chi connectivity index (χ0n) is 8.71. The van der Waals surface area contributed by atoms with Crippen molar-refractivity contribution in [3.8, 4) is 0 Å². The summed E-state index contributed by atoms with van der Waals surface area (Å²) in [6.45, 7) is 0. The first-order valence-corrected chi connectivity index (χ1v) is 5.41. The van der Waals surface area contributed by atoms with Crippen molar-refractivity contribution in [2.24, 2.45) is 5.92 Å². The van der Waals surface area contributed by atoms with Crippen LogP contribution in [0.4, 0.5) is 0 Å². The van der Waals surface area contributed by atoms with Crippen LogP contribution < -0.4 is 0 Å². The van der Waals surface area contributed by atoms with Crippen LogP contribution in [0.1, 0.15) is 12.0 Å². The van der Waals surface area contributed by atoms with Gasteiger partial charge < -0.3 is 5.11 Å². The summed E-state index contributed by atoms with van der Waals surface area (Å²) in [5, 5.41) is 10.0. The van der Waals surface area contributed by atoms with Gasteiger partial charge >= 0.3 is 0 Å². The lowest BCUT2D eigenvalue weighted by atomic mass is 9.91. The Kier molecular flexibility index (Phi) is 3.36. The van der Waals surface area contributed by atoms with Gasteiger partial charge in [0.05, 0.1) is 6.10 Å². The second-order valence-electron chi connectivity index (χ2n) is 3.97. The number of hydrogen-bond donors (Lipinski definition) is 1. The van der Waals surface area contributed by atoms with E-state index in [0.29, 0.717) is 0 Å². The van der Waals surface area contributed by atoms with Gasteiger partial charge in [-0.05, 0) is 18.4 Å². The number of aliphatic hydroxyl groups is 1. The van der Waals surface area contributed by atoms with Gasteiger partial charge in [0.1, 0.15) is 0 Å². The van der Waals surface area contributed by atoms with Crippen LogP contribution in [0.15, 0.2) is 54.6 Å². The third-order valence-corrected chi connectivity index (χ3v) is 2.80. The maximum atomic E-state index is 10.0. The van der Waals surface area contributed by atoms with Crippen LogP contribution in [0.25, 0.3) is 0 Å². The molecule has 78 valence electrons. The van der Waals surface area contributed by atoms with E-state index in [9.17, 15) is 5.11 Å². The van der Waals surface area contributed by atoms with Crippen LogP contribution in [0.2, 0.25) is 0 Å². The molecule has 0 fully saturated rings. The Morgan fingerprint density at radius 3 is 2.67 bits per heavy atom. The maximum Gasteiger partial charge on any atom is 0.0646 e. The fourth-order valence-electron chi connectivity index (χ4n) is 1.89. The molecule has 2 rings (SSSR count). The summed E-state index contributed by atoms with van der Waals surface area (Å²) in [6, 6.07) is 10.1. The molecule has 2 atom stereocenters. The Morgan fingerprint density at radius 2 is 2.00 bits per heavy atom. The summed E-state index contributed by atoms with van der Waals surface area (Å²) >= 11 is 0. The van der Waals surface area contributed by atoms with Crippen molar-refractivity contribution in [3.05, 3.63) is 60.2 Å². The van der Waals surface area contributed by atoms with Gasteiger partial charge in [-0.15, -0.1) is 0 Å². The first kappa shape index (κ1) is 10.2. The molecule has 1 N–H and O–H groups in total. The van der Waals surface area contributed by atoms with E-state index in [1.807, 2.05) is 30.4 Å². The van der Waals surface area contributed by atoms with Gasteiger partial charge in [-0.1, -0.05) is 54.6 Å². The van der Waals surface area contributed by atoms with E-state index in [1.165, 1.54) is 5.56 Å². The molecule has 2 unspecified atom stereocenters. The molecule has 1 aromatic rings. The van der Waals surface area contributed by atoms with Crippen LogP contribution in [-0.2, 0) is 6.42 Å². The standard InChI is InChI=1S/C14H16O/c15-14(13-9-5-2-6-10-13)11-12-7-3-1-4-8-12/h1-9,13-15H,10-11H2. The summed E-state index contributed by atoms with van der Waals surface area (Å²) in [6.07, 6.45) is 9.67. The highest BCUT2D eigenvalue weighted by Crippen LogP contribution is 2.18. The van der Waals surface area contributed by atoms with Crippen molar-refractivity contribution in [1.29, 1.82) is 0 Å². The molecule has 1 aliphatic carbocycles. The molecular formula is C14H16O. The van der Waals surface area contributed by atoms with Gasteiger partial charge in [-0.3, -0.25) is 0 Å². The lowest BCUT2D eigenvalue weighted by Crippen LogP contribution is -2.21. The molecule has 0 aromatic heterocycles. The molecular weight excluding hydrogens is 184 g/mol. The second kappa shape index (κ2) is 4.94. The van der Waals surface area contributed by atoms with Gasteiger partial charge in [-0.25, -0.2) is 0 Å². The van der Waals surface area contributed by atoms with E-state index in [2.05, 4.69) is 24.3 Å². The average Bonchev–Trinajstić information content (AvgIpc) is 2.31. The normalized spacial score (nSPS) is 21.5. The largest absolute Gasteiger partial charge is 0.392 e. The lowest BCUT2D eigenvalue weighted by molar-refractivity contribution is 0.131. The summed E-state index contributed by atoms with van der Waals surface area (Å²) in [4.78, 5) is 0. The van der Waals surface area contributed by atoms with E-state index in [1.54, 1.807) is 0 Å². The Labute approximate surface area is 90.8 Å². The van der Waals surface area contributed by atoms with Crippen molar-refractivity contribution < 1.29 is 5.11 Å². The quantitative estimate of drug-likeness (QED) is 0.795. The Bertz CT molecular complexity index is 351. The van der Waals surface area contributed by atoms with E-state index >= 15 is 0 Å². The monoisotopic (exact) mass is 200 g/mol. The number of allylic oxidation sites excluding steroid dienone is 3. The molecule has 0 saturated heterocycles. The minimum atomic E-state index is -0.270. The predicted molar refractivity (Wildman–Crippen MR) is 62.5 cm³/mol. The lowest BCUT2D eigenvalue weighted by Gasteiger charge is -2.20. The molecule has 0 radical (unpaired) electrons. The van der Waals surface area contributed by atoms with Crippen molar-refractivity contribution in [2.75, 3.05) is 0 Å². The summed E-state index contributed by atoms with van der Waals surface area (Å²) in [7, 11) is 0. The molecule has 0 bridgehead atoms. The Hall–Kier alpha value is -1.34. The molecule has 0 amide bonds. The Balaban J connectivity index is 1.95. The fraction of sp³-hybridized carbons (Fsp3) is 0.286. The van der Waals surface area contributed by atoms with Crippen molar-refractivity contribution in [1.82, 2.24) is 0 Å². The molecule has 15 heavy (non-hydrogen) atoms. The van der Waals surface area contributed by atoms with Crippen LogP contribution in [-0.4, -0.2) is 11.2 Å². The molecule has 1 nitrogen and oxygen atoms in total. The van der Waals surface area contributed by atoms with E-state index in [4.69, 9.17) is 0 Å². The van der Waals surface area contributed by atoms with Crippen molar-refractivity contribution in [2.45, 2.75) is 18.9 Å². The van der Waals surface area contributed by atoms with Crippen LogP contribution in [0, 0.1) is 5.92 Å². The molecule has 1 aromatic carbocycles. The Morgan fingerprint density at radius 1 is 1.20 bits per heavy atom. The molecule has 0 heterocycles. The zero-order valence-corrected chi connectivity index (χ0v) is 8.71. The first-order valence-electron chi connectivity index (χ1n) is 5.41. The average molecular weight is 200 g/mol. The summed E-state index contributed by atoms with van der Waals surface area (Å²) in [5.74, 6) is 0.273. The van der Waals surface area contributed by atoms with Gasteiger partial charge in [0.15, 0.2) is 0 Å². The maximum absolute atomic E-state index is 10.0. The first-order chi connectivity index (χ1) is 7.36. The predicted octanol–water partition coefficient (Wildman–Crippen LogP) is 2.72. The van der Waals surface area contributed by atoms with Crippen LogP contribution in [0.5, 0.6) is 0 Å². The van der Waals surface area contributed by atoms with Crippen molar-refractivity contribution >= 4 is 0 Å². The van der Waals surface area contributed by atoms with Crippen LogP contribution in [0.3, 0.4) is 0 Å². The topological polar surface area (TPSA) is 20.2 Å². The second-order valence-corrected chi connectivity index (χ2v) is 3.97. The molecule has 1 heteroatoms. The SMILES string of the molecule is OC(Cc1ccccc1)C1C=CC=CC1. The minimum absolute atomic E-state index is 0.270. The smallest absolute Gasteiger partial charge is 0.0646 e. The zero-order chi connectivity index (χ0) is 10.5. The van der Waals surface area contributed by atoms with Gasteiger partial charge in [0.25, 0.3) is 0 Å². The number of benzene rings is 1.